The minimum atomic E-state index is -0.601. The summed E-state index contributed by atoms with van der Waals surface area (Å²) in [4.78, 5) is 24.3. The number of hydrogen-bond acceptors (Lipinski definition) is 4. The summed E-state index contributed by atoms with van der Waals surface area (Å²) < 4.78 is 11.0. The summed E-state index contributed by atoms with van der Waals surface area (Å²) in [5.74, 6) is 0.212. The Morgan fingerprint density at radius 1 is 1.25 bits per heavy atom. The summed E-state index contributed by atoms with van der Waals surface area (Å²) >= 11 is 0. The van der Waals surface area contributed by atoms with E-state index in [0.717, 1.165) is 18.4 Å². The molecule has 1 aromatic carbocycles. The van der Waals surface area contributed by atoms with E-state index in [1.54, 1.807) is 13.8 Å². The molecule has 0 bridgehead atoms. The van der Waals surface area contributed by atoms with Gasteiger partial charge in [-0.2, -0.15) is 0 Å². The van der Waals surface area contributed by atoms with Crippen LogP contribution in [0.25, 0.3) is 0 Å². The SMILES string of the molecule is CCCCOc1ccccc1[C@@H]1NC(=O)NC(C)=C1C(=O)OCC. The molecule has 1 aromatic rings. The number of nitrogens with one attached hydrogen (secondary N) is 2. The zero-order chi connectivity index (χ0) is 17.5. The number of unbranched alkanes of at least 4 members (excludes halogenated alkanes) is 1. The molecule has 2 N–H and O–H groups in total. The Balaban J connectivity index is 2.38. The van der Waals surface area contributed by atoms with Crippen LogP contribution >= 0.6 is 0 Å². The Kier molecular flexibility index (Phi) is 6.23. The molecule has 0 saturated heterocycles. The van der Waals surface area contributed by atoms with Gasteiger partial charge in [0.15, 0.2) is 0 Å². The fourth-order valence-electron chi connectivity index (χ4n) is 2.58. The van der Waals surface area contributed by atoms with Crippen LogP contribution in [-0.2, 0) is 9.53 Å². The molecule has 1 aliphatic rings. The molecule has 130 valence electrons. The molecule has 2 amide bonds. The maximum Gasteiger partial charge on any atom is 0.338 e. The number of benzene rings is 1. The molecule has 1 atom stereocenters. The topological polar surface area (TPSA) is 76.7 Å². The quantitative estimate of drug-likeness (QED) is 0.594. The standard InChI is InChI=1S/C18H24N2O4/c1-4-6-11-24-14-10-8-7-9-13(14)16-15(17(21)23-5-2)12(3)19-18(22)20-16/h7-10,16H,4-6,11H2,1-3H3,(H2,19,20,22)/t16-/m0/s1. The summed E-state index contributed by atoms with van der Waals surface area (Å²) in [5, 5.41) is 5.42. The van der Waals surface area contributed by atoms with Crippen molar-refractivity contribution in [3.05, 3.63) is 41.1 Å². The first-order valence-corrected chi connectivity index (χ1v) is 8.25. The first kappa shape index (κ1) is 17.8. The van der Waals surface area contributed by atoms with E-state index in [0.29, 0.717) is 23.6 Å². The Bertz CT molecular complexity index is 640. The van der Waals surface area contributed by atoms with Crippen LogP contribution in [0.15, 0.2) is 35.5 Å². The fraction of sp³-hybridized carbons (Fsp3) is 0.444. The van der Waals surface area contributed by atoms with Crippen LogP contribution in [0.5, 0.6) is 5.75 Å². The maximum atomic E-state index is 12.4. The average molecular weight is 332 g/mol. The van der Waals surface area contributed by atoms with Gasteiger partial charge in [0, 0.05) is 11.3 Å². The first-order valence-electron chi connectivity index (χ1n) is 8.25. The summed E-state index contributed by atoms with van der Waals surface area (Å²) in [6, 6.07) is 6.47. The molecular formula is C18H24N2O4. The van der Waals surface area contributed by atoms with Gasteiger partial charge in [-0.05, 0) is 26.3 Å². The van der Waals surface area contributed by atoms with Gasteiger partial charge in [0.25, 0.3) is 0 Å². The lowest BCUT2D eigenvalue weighted by Gasteiger charge is -2.29. The molecule has 1 aliphatic heterocycles. The van der Waals surface area contributed by atoms with Crippen molar-refractivity contribution < 1.29 is 19.1 Å². The second kappa shape index (κ2) is 8.38. The highest BCUT2D eigenvalue weighted by Crippen LogP contribution is 2.33. The van der Waals surface area contributed by atoms with Gasteiger partial charge < -0.3 is 20.1 Å². The van der Waals surface area contributed by atoms with Gasteiger partial charge in [-0.1, -0.05) is 31.5 Å². The van der Waals surface area contributed by atoms with Gasteiger partial charge in [0.1, 0.15) is 5.75 Å². The highest BCUT2D eigenvalue weighted by atomic mass is 16.5. The molecule has 6 nitrogen and oxygen atoms in total. The second-order valence-corrected chi connectivity index (χ2v) is 5.53. The molecule has 24 heavy (non-hydrogen) atoms. The smallest absolute Gasteiger partial charge is 0.338 e. The molecular weight excluding hydrogens is 308 g/mol. The van der Waals surface area contributed by atoms with Crippen molar-refractivity contribution in [1.29, 1.82) is 0 Å². The van der Waals surface area contributed by atoms with Crippen molar-refractivity contribution in [2.24, 2.45) is 0 Å². The van der Waals surface area contributed by atoms with E-state index < -0.39 is 12.0 Å². The van der Waals surface area contributed by atoms with Gasteiger partial charge in [-0.15, -0.1) is 0 Å². The third-order valence-corrected chi connectivity index (χ3v) is 3.75. The highest BCUT2D eigenvalue weighted by molar-refractivity contribution is 5.95. The lowest BCUT2D eigenvalue weighted by atomic mass is 9.95. The summed E-state index contributed by atoms with van der Waals surface area (Å²) in [6.07, 6.45) is 1.96. The number of urea groups is 1. The molecule has 0 aromatic heterocycles. The van der Waals surface area contributed by atoms with E-state index in [9.17, 15) is 9.59 Å². The van der Waals surface area contributed by atoms with Gasteiger partial charge in [0.2, 0.25) is 0 Å². The van der Waals surface area contributed by atoms with E-state index in [4.69, 9.17) is 9.47 Å². The third kappa shape index (κ3) is 4.07. The minimum Gasteiger partial charge on any atom is -0.493 e. The van der Waals surface area contributed by atoms with Crippen molar-refractivity contribution in [3.63, 3.8) is 0 Å². The van der Waals surface area contributed by atoms with Crippen LogP contribution in [0.2, 0.25) is 0 Å². The van der Waals surface area contributed by atoms with E-state index in [1.807, 2.05) is 24.3 Å². The first-order chi connectivity index (χ1) is 11.6. The van der Waals surface area contributed by atoms with Crippen LogP contribution < -0.4 is 15.4 Å². The van der Waals surface area contributed by atoms with Crippen LogP contribution in [0, 0.1) is 0 Å². The lowest BCUT2D eigenvalue weighted by Crippen LogP contribution is -2.45. The molecule has 0 radical (unpaired) electrons. The number of carbonyl (C=O) groups excluding carboxylic acids is 2. The van der Waals surface area contributed by atoms with Crippen molar-refractivity contribution in [3.8, 4) is 5.75 Å². The second-order valence-electron chi connectivity index (χ2n) is 5.53. The van der Waals surface area contributed by atoms with E-state index in [2.05, 4.69) is 17.6 Å². The van der Waals surface area contributed by atoms with Crippen LogP contribution in [-0.4, -0.2) is 25.2 Å². The fourth-order valence-corrected chi connectivity index (χ4v) is 2.58. The van der Waals surface area contributed by atoms with Gasteiger partial charge in [-0.25, -0.2) is 9.59 Å². The molecule has 1 heterocycles. The third-order valence-electron chi connectivity index (χ3n) is 3.75. The summed E-state index contributed by atoms with van der Waals surface area (Å²) in [5.41, 5.74) is 1.62. The zero-order valence-corrected chi connectivity index (χ0v) is 14.3. The minimum absolute atomic E-state index is 0.269. The van der Waals surface area contributed by atoms with E-state index in [1.165, 1.54) is 0 Å². The van der Waals surface area contributed by atoms with Crippen molar-refractivity contribution in [2.45, 2.75) is 39.7 Å². The monoisotopic (exact) mass is 332 g/mol. The van der Waals surface area contributed by atoms with Gasteiger partial charge in [-0.3, -0.25) is 0 Å². The van der Waals surface area contributed by atoms with Crippen LogP contribution in [0.3, 0.4) is 0 Å². The Hall–Kier alpha value is -2.50. The number of rotatable bonds is 7. The number of para-hydroxylation sites is 1. The predicted octanol–water partition coefficient (Wildman–Crippen LogP) is 3.06. The normalized spacial score (nSPS) is 17.1. The van der Waals surface area contributed by atoms with Crippen LogP contribution in [0.4, 0.5) is 4.79 Å². The van der Waals surface area contributed by atoms with E-state index in [-0.39, 0.29) is 12.6 Å². The average Bonchev–Trinajstić information content (AvgIpc) is 2.55. The molecule has 0 spiro atoms. The number of ether oxygens (including phenoxy) is 2. The van der Waals surface area contributed by atoms with Crippen molar-refractivity contribution in [2.75, 3.05) is 13.2 Å². The molecule has 0 saturated carbocycles. The van der Waals surface area contributed by atoms with E-state index >= 15 is 0 Å². The van der Waals surface area contributed by atoms with Crippen LogP contribution in [0.1, 0.15) is 45.2 Å². The van der Waals surface area contributed by atoms with Crippen molar-refractivity contribution in [1.82, 2.24) is 10.6 Å². The Morgan fingerprint density at radius 3 is 2.71 bits per heavy atom. The lowest BCUT2D eigenvalue weighted by molar-refractivity contribution is -0.139. The Morgan fingerprint density at radius 2 is 2.00 bits per heavy atom. The maximum absolute atomic E-state index is 12.4. The van der Waals surface area contributed by atoms with Gasteiger partial charge >= 0.3 is 12.0 Å². The molecule has 0 aliphatic carbocycles. The molecule has 2 rings (SSSR count). The van der Waals surface area contributed by atoms with Gasteiger partial charge in [0.05, 0.1) is 24.8 Å². The summed E-state index contributed by atoms with van der Waals surface area (Å²) in [7, 11) is 0. The molecule has 6 heteroatoms. The number of esters is 1. The predicted molar refractivity (Wildman–Crippen MR) is 90.6 cm³/mol. The zero-order valence-electron chi connectivity index (χ0n) is 14.3. The number of carbonyl (C=O) groups is 2. The molecule has 0 unspecified atom stereocenters. The number of hydrogen-bond donors (Lipinski definition) is 2. The number of allylic oxidation sites excluding steroid dienone is 1. The largest absolute Gasteiger partial charge is 0.493 e. The molecule has 0 fully saturated rings. The summed E-state index contributed by atoms with van der Waals surface area (Å²) in [6.45, 7) is 6.39. The Labute approximate surface area is 142 Å². The van der Waals surface area contributed by atoms with Crippen molar-refractivity contribution >= 4 is 12.0 Å². The highest BCUT2D eigenvalue weighted by Gasteiger charge is 2.33. The number of amides is 2.